The summed E-state index contributed by atoms with van der Waals surface area (Å²) in [6.45, 7) is 1.68. The number of rotatable bonds is 5. The normalized spacial score (nSPS) is 12.1. The van der Waals surface area contributed by atoms with Gasteiger partial charge < -0.3 is 9.84 Å². The van der Waals surface area contributed by atoms with Gasteiger partial charge in [0.1, 0.15) is 16.7 Å². The molecule has 33 heavy (non-hydrogen) atoms. The van der Waals surface area contributed by atoms with Crippen LogP contribution >= 0.6 is 11.8 Å². The zero-order valence-electron chi connectivity index (χ0n) is 17.7. The number of fused-ring (bicyclic) bond motifs is 2. The second kappa shape index (κ2) is 8.88. The third-order valence-electron chi connectivity index (χ3n) is 5.43. The van der Waals surface area contributed by atoms with Crippen LogP contribution in [0, 0.1) is 18.6 Å². The molecular formula is C25H19F2N3O2S. The summed E-state index contributed by atoms with van der Waals surface area (Å²) >= 11 is 1.45. The number of hydrogen-bond donors (Lipinski definition) is 1. The maximum Gasteiger partial charge on any atom is 0.227 e. The van der Waals surface area contributed by atoms with Gasteiger partial charge in [0.2, 0.25) is 5.88 Å². The molecule has 4 aromatic rings. The van der Waals surface area contributed by atoms with Gasteiger partial charge in [-0.25, -0.2) is 13.8 Å². The molecule has 3 heterocycles. The lowest BCUT2D eigenvalue weighted by Gasteiger charge is -2.24. The van der Waals surface area contributed by atoms with Gasteiger partial charge in [0, 0.05) is 35.1 Å². The Balaban J connectivity index is 1.59. The first kappa shape index (κ1) is 21.5. The fraction of sp³-hybridized carbons (Fsp3) is 0.160. The second-order valence-corrected chi connectivity index (χ2v) is 8.64. The Labute approximate surface area is 193 Å². The molecule has 1 aliphatic heterocycles. The molecule has 0 amide bonds. The zero-order chi connectivity index (χ0) is 22.9. The van der Waals surface area contributed by atoms with Gasteiger partial charge in [-0.2, -0.15) is 4.98 Å². The minimum atomic E-state index is -0.346. The zero-order valence-corrected chi connectivity index (χ0v) is 18.5. The van der Waals surface area contributed by atoms with Crippen LogP contribution in [0.25, 0.3) is 11.4 Å². The molecule has 2 aromatic heterocycles. The molecule has 0 radical (unpaired) electrons. The predicted octanol–water partition coefficient (Wildman–Crippen LogP) is 5.61. The highest BCUT2D eigenvalue weighted by Gasteiger charge is 2.27. The molecule has 0 unspecified atom stereocenters. The quantitative estimate of drug-likeness (QED) is 0.270. The highest BCUT2D eigenvalue weighted by atomic mass is 32.2. The fourth-order valence-electron chi connectivity index (χ4n) is 3.72. The maximum absolute atomic E-state index is 13.7. The summed E-state index contributed by atoms with van der Waals surface area (Å²) in [7, 11) is 0. The molecule has 0 saturated heterocycles. The van der Waals surface area contributed by atoms with E-state index in [0.717, 1.165) is 16.7 Å². The Hall–Kier alpha value is -3.36. The minimum Gasteiger partial charge on any atom is -0.436 e. The number of nitrogens with zero attached hydrogens (tertiary/aromatic N) is 3. The second-order valence-electron chi connectivity index (χ2n) is 7.68. The van der Waals surface area contributed by atoms with Crippen LogP contribution in [0.1, 0.15) is 27.9 Å². The number of aliphatic hydroxyl groups excluding tert-OH is 1. The smallest absolute Gasteiger partial charge is 0.227 e. The van der Waals surface area contributed by atoms with Crippen molar-refractivity contribution in [1.29, 1.82) is 0 Å². The first-order valence-electron chi connectivity index (χ1n) is 10.3. The van der Waals surface area contributed by atoms with Crippen molar-refractivity contribution in [3.63, 3.8) is 0 Å². The third-order valence-corrected chi connectivity index (χ3v) is 6.51. The number of hydrogen-bond acceptors (Lipinski definition) is 6. The van der Waals surface area contributed by atoms with E-state index >= 15 is 0 Å². The monoisotopic (exact) mass is 463 g/mol. The summed E-state index contributed by atoms with van der Waals surface area (Å²) < 4.78 is 33.3. The standard InChI is InChI=1S/C25H19F2N3O2S/c1-14-22-20(17(12-31)11-28-14)10-21-24(32-22)29-23(16-5-7-18(26)8-6-16)30-25(21)33-13-15-3-2-4-19(27)9-15/h2-9,11,31H,10,12-13H2,1H3. The van der Waals surface area contributed by atoms with Crippen molar-refractivity contribution in [2.24, 2.45) is 0 Å². The van der Waals surface area contributed by atoms with Crippen LogP contribution in [-0.4, -0.2) is 20.1 Å². The fourth-order valence-corrected chi connectivity index (χ4v) is 4.69. The molecule has 1 N–H and O–H groups in total. The van der Waals surface area contributed by atoms with Crippen molar-refractivity contribution in [1.82, 2.24) is 15.0 Å². The van der Waals surface area contributed by atoms with E-state index in [4.69, 9.17) is 9.72 Å². The van der Waals surface area contributed by atoms with Crippen molar-refractivity contribution >= 4 is 11.8 Å². The van der Waals surface area contributed by atoms with Gasteiger partial charge in [-0.3, -0.25) is 4.98 Å². The molecule has 0 atom stereocenters. The number of pyridine rings is 1. The van der Waals surface area contributed by atoms with Gasteiger partial charge in [-0.15, -0.1) is 11.8 Å². The molecule has 0 fully saturated rings. The number of halogens is 2. The van der Waals surface area contributed by atoms with Gasteiger partial charge in [0.05, 0.1) is 17.9 Å². The lowest BCUT2D eigenvalue weighted by Crippen LogP contribution is -2.13. The van der Waals surface area contributed by atoms with E-state index in [9.17, 15) is 13.9 Å². The summed E-state index contributed by atoms with van der Waals surface area (Å²) in [5.41, 5.74) is 4.50. The summed E-state index contributed by atoms with van der Waals surface area (Å²) in [5, 5.41) is 10.5. The van der Waals surface area contributed by atoms with E-state index in [1.54, 1.807) is 24.4 Å². The van der Waals surface area contributed by atoms with E-state index in [0.29, 0.717) is 51.5 Å². The van der Waals surface area contributed by atoms with E-state index in [1.165, 1.54) is 36.0 Å². The molecular weight excluding hydrogens is 444 g/mol. The molecule has 0 bridgehead atoms. The molecule has 8 heteroatoms. The summed E-state index contributed by atoms with van der Waals surface area (Å²) in [6, 6.07) is 12.4. The highest BCUT2D eigenvalue weighted by molar-refractivity contribution is 7.98. The molecule has 1 aliphatic rings. The van der Waals surface area contributed by atoms with Crippen LogP contribution < -0.4 is 4.74 Å². The molecule has 0 saturated carbocycles. The largest absolute Gasteiger partial charge is 0.436 e. The Morgan fingerprint density at radius 3 is 2.61 bits per heavy atom. The summed E-state index contributed by atoms with van der Waals surface area (Å²) in [5.74, 6) is 1.25. The van der Waals surface area contributed by atoms with Gasteiger partial charge >= 0.3 is 0 Å². The first-order valence-corrected chi connectivity index (χ1v) is 11.3. The molecule has 2 aromatic carbocycles. The van der Waals surface area contributed by atoms with E-state index in [1.807, 2.05) is 13.0 Å². The van der Waals surface area contributed by atoms with Crippen LogP contribution in [0.5, 0.6) is 11.6 Å². The average molecular weight is 464 g/mol. The Kier molecular flexibility index (Phi) is 5.78. The molecule has 5 rings (SSSR count). The van der Waals surface area contributed by atoms with Crippen LogP contribution in [0.3, 0.4) is 0 Å². The van der Waals surface area contributed by atoms with Gasteiger partial charge in [-0.05, 0) is 48.9 Å². The van der Waals surface area contributed by atoms with Crippen LogP contribution in [0.2, 0.25) is 0 Å². The SMILES string of the molecule is Cc1ncc(CO)c2c1Oc1nc(-c3ccc(F)cc3)nc(SCc3cccc(F)c3)c1C2. The Bertz CT molecular complexity index is 1350. The van der Waals surface area contributed by atoms with E-state index < -0.39 is 0 Å². The van der Waals surface area contributed by atoms with E-state index in [2.05, 4.69) is 9.97 Å². The topological polar surface area (TPSA) is 68.1 Å². The molecule has 5 nitrogen and oxygen atoms in total. The predicted molar refractivity (Wildman–Crippen MR) is 121 cm³/mol. The van der Waals surface area contributed by atoms with Crippen molar-refractivity contribution < 1.29 is 18.6 Å². The summed E-state index contributed by atoms with van der Waals surface area (Å²) in [4.78, 5) is 13.7. The average Bonchev–Trinajstić information content (AvgIpc) is 2.82. The number of ether oxygens (including phenoxy) is 1. The van der Waals surface area contributed by atoms with Crippen molar-refractivity contribution in [3.8, 4) is 23.0 Å². The van der Waals surface area contributed by atoms with Crippen molar-refractivity contribution in [3.05, 3.63) is 94.3 Å². The molecule has 0 aliphatic carbocycles. The number of aryl methyl sites for hydroxylation is 1. The minimum absolute atomic E-state index is 0.158. The van der Waals surface area contributed by atoms with Gasteiger partial charge in [0.15, 0.2) is 11.6 Å². The van der Waals surface area contributed by atoms with Gasteiger partial charge in [0.25, 0.3) is 0 Å². The maximum atomic E-state index is 13.7. The molecule has 166 valence electrons. The van der Waals surface area contributed by atoms with Crippen LogP contribution in [-0.2, 0) is 18.8 Å². The lowest BCUT2D eigenvalue weighted by molar-refractivity contribution is 0.278. The summed E-state index contributed by atoms with van der Waals surface area (Å²) in [6.07, 6.45) is 2.12. The van der Waals surface area contributed by atoms with E-state index in [-0.39, 0.29) is 18.2 Å². The number of aromatic nitrogens is 3. The Morgan fingerprint density at radius 1 is 1.03 bits per heavy atom. The molecule has 0 spiro atoms. The number of benzene rings is 2. The van der Waals surface area contributed by atoms with Gasteiger partial charge in [-0.1, -0.05) is 12.1 Å². The highest BCUT2D eigenvalue weighted by Crippen LogP contribution is 2.43. The first-order chi connectivity index (χ1) is 16.0. The lowest BCUT2D eigenvalue weighted by atomic mass is 9.99. The third kappa shape index (κ3) is 4.31. The van der Waals surface area contributed by atoms with Crippen molar-refractivity contribution in [2.45, 2.75) is 30.7 Å². The number of thioether (sulfide) groups is 1. The van der Waals surface area contributed by atoms with Crippen LogP contribution in [0.4, 0.5) is 8.78 Å². The van der Waals surface area contributed by atoms with Crippen LogP contribution in [0.15, 0.2) is 59.8 Å². The number of aliphatic hydroxyl groups is 1. The Morgan fingerprint density at radius 2 is 1.85 bits per heavy atom. The van der Waals surface area contributed by atoms with Crippen molar-refractivity contribution in [2.75, 3.05) is 0 Å².